The number of rotatable bonds is 8. The highest BCUT2D eigenvalue weighted by Crippen LogP contribution is 2.36. The van der Waals surface area contributed by atoms with Gasteiger partial charge in [0, 0.05) is 31.6 Å². The zero-order valence-electron chi connectivity index (χ0n) is 22.1. The summed E-state index contributed by atoms with van der Waals surface area (Å²) in [6, 6.07) is 16.8. The van der Waals surface area contributed by atoms with E-state index in [2.05, 4.69) is 0 Å². The van der Waals surface area contributed by atoms with Crippen LogP contribution < -0.4 is 4.74 Å². The molecule has 0 unspecified atom stereocenters. The first kappa shape index (κ1) is 28.7. The summed E-state index contributed by atoms with van der Waals surface area (Å²) in [6.45, 7) is 4.08. The van der Waals surface area contributed by atoms with Crippen molar-refractivity contribution in [2.24, 2.45) is 5.92 Å². The Balaban J connectivity index is 1.71. The van der Waals surface area contributed by atoms with E-state index in [0.29, 0.717) is 29.8 Å². The highest BCUT2D eigenvalue weighted by atomic mass is 32.2. The molecule has 2 N–H and O–H groups in total. The van der Waals surface area contributed by atoms with Gasteiger partial charge in [0.1, 0.15) is 22.6 Å². The fourth-order valence-corrected chi connectivity index (χ4v) is 6.62. The monoisotopic (exact) mass is 556 g/mol. The van der Waals surface area contributed by atoms with E-state index in [4.69, 9.17) is 4.74 Å². The van der Waals surface area contributed by atoms with E-state index in [9.17, 15) is 27.8 Å². The zero-order valence-corrected chi connectivity index (χ0v) is 22.9. The lowest BCUT2D eigenvalue weighted by Crippen LogP contribution is -2.49. The number of aliphatic hydroxyl groups is 1. The predicted molar refractivity (Wildman–Crippen MR) is 146 cm³/mol. The third kappa shape index (κ3) is 6.30. The quantitative estimate of drug-likeness (QED) is 0.430. The van der Waals surface area contributed by atoms with Crippen LogP contribution in [0.25, 0.3) is 11.1 Å². The smallest absolute Gasteiger partial charge is 0.336 e. The molecule has 0 spiro atoms. The van der Waals surface area contributed by atoms with E-state index in [-0.39, 0.29) is 41.1 Å². The number of carbonyl (C=O) groups is 1. The molecule has 0 fully saturated rings. The van der Waals surface area contributed by atoms with Gasteiger partial charge in [0.25, 0.3) is 0 Å². The van der Waals surface area contributed by atoms with Gasteiger partial charge >= 0.3 is 5.97 Å². The Morgan fingerprint density at radius 1 is 1.13 bits per heavy atom. The molecule has 0 bridgehead atoms. The number of nitrogens with zero attached hydrogens (tertiary/aromatic N) is 2. The maximum Gasteiger partial charge on any atom is 0.336 e. The van der Waals surface area contributed by atoms with E-state index in [1.807, 2.05) is 18.9 Å². The molecule has 0 aliphatic carbocycles. The van der Waals surface area contributed by atoms with Crippen molar-refractivity contribution >= 4 is 16.0 Å². The van der Waals surface area contributed by atoms with E-state index >= 15 is 0 Å². The van der Waals surface area contributed by atoms with Gasteiger partial charge in [-0.2, -0.15) is 4.31 Å². The van der Waals surface area contributed by atoms with Crippen LogP contribution in [0.5, 0.6) is 5.75 Å². The molecule has 1 aliphatic rings. The van der Waals surface area contributed by atoms with Crippen molar-refractivity contribution < 1.29 is 32.6 Å². The molecule has 8 nitrogen and oxygen atoms in total. The molecule has 1 aliphatic heterocycles. The summed E-state index contributed by atoms with van der Waals surface area (Å²) in [5.74, 6) is -1.48. The first-order valence-corrected chi connectivity index (χ1v) is 14.1. The summed E-state index contributed by atoms with van der Waals surface area (Å²) in [6.07, 6.45) is -0.460. The Kier molecular flexibility index (Phi) is 8.70. The number of benzene rings is 3. The van der Waals surface area contributed by atoms with Crippen LogP contribution in [0.3, 0.4) is 0 Å². The number of ether oxygens (including phenoxy) is 1. The summed E-state index contributed by atoms with van der Waals surface area (Å²) in [5.41, 5.74) is 2.25. The topological polar surface area (TPSA) is 107 Å². The number of fused-ring (bicyclic) bond motifs is 1. The summed E-state index contributed by atoms with van der Waals surface area (Å²) >= 11 is 0. The highest BCUT2D eigenvalue weighted by molar-refractivity contribution is 7.89. The molecule has 3 aromatic rings. The molecular weight excluding hydrogens is 523 g/mol. The van der Waals surface area contributed by atoms with Crippen LogP contribution in [0.15, 0.2) is 71.6 Å². The second-order valence-electron chi connectivity index (χ2n) is 10.1. The summed E-state index contributed by atoms with van der Waals surface area (Å²) in [7, 11) is -2.14. The SMILES string of the molecule is C[C@@H]1CN([C@@H](C)CO)S(=O)(=O)c2ccc(-c3ccc(F)cc3)cc2O[C@@H]1CN(C)Cc1ccccc1C(=O)O. The average molecular weight is 557 g/mol. The van der Waals surface area contributed by atoms with Gasteiger partial charge in [-0.3, -0.25) is 4.90 Å². The Morgan fingerprint density at radius 2 is 1.79 bits per heavy atom. The largest absolute Gasteiger partial charge is 0.487 e. The van der Waals surface area contributed by atoms with Crippen LogP contribution >= 0.6 is 0 Å². The fourth-order valence-electron chi connectivity index (χ4n) is 4.79. The first-order chi connectivity index (χ1) is 18.5. The van der Waals surface area contributed by atoms with Gasteiger partial charge in [-0.25, -0.2) is 17.6 Å². The number of sulfonamides is 1. The lowest BCUT2D eigenvalue weighted by atomic mass is 10.0. The molecule has 0 aromatic heterocycles. The number of hydrogen-bond acceptors (Lipinski definition) is 6. The lowest BCUT2D eigenvalue weighted by molar-refractivity contribution is 0.0686. The number of carboxylic acids is 1. The van der Waals surface area contributed by atoms with Gasteiger partial charge in [0.05, 0.1) is 12.2 Å². The number of carboxylic acid groups (broad SMARTS) is 1. The minimum Gasteiger partial charge on any atom is -0.487 e. The van der Waals surface area contributed by atoms with Crippen molar-refractivity contribution in [2.45, 2.75) is 37.4 Å². The number of aliphatic hydroxyl groups excluding tert-OH is 1. The van der Waals surface area contributed by atoms with Crippen molar-refractivity contribution in [1.82, 2.24) is 9.21 Å². The molecule has 0 amide bonds. The Bertz CT molecular complexity index is 1430. The molecule has 4 rings (SSSR count). The number of aromatic carboxylic acids is 1. The second kappa shape index (κ2) is 11.8. The van der Waals surface area contributed by atoms with Crippen LogP contribution in [0.1, 0.15) is 29.8 Å². The van der Waals surface area contributed by atoms with Gasteiger partial charge in [-0.15, -0.1) is 0 Å². The number of halogens is 1. The molecule has 39 heavy (non-hydrogen) atoms. The molecule has 10 heteroatoms. The van der Waals surface area contributed by atoms with Crippen LogP contribution in [0.4, 0.5) is 4.39 Å². The van der Waals surface area contributed by atoms with E-state index in [1.54, 1.807) is 55.5 Å². The van der Waals surface area contributed by atoms with E-state index in [0.717, 1.165) is 0 Å². The van der Waals surface area contributed by atoms with Crippen molar-refractivity contribution in [1.29, 1.82) is 0 Å². The van der Waals surface area contributed by atoms with E-state index in [1.165, 1.54) is 22.5 Å². The van der Waals surface area contributed by atoms with Gasteiger partial charge in [-0.1, -0.05) is 43.3 Å². The minimum absolute atomic E-state index is 0.00978. The maximum absolute atomic E-state index is 13.7. The first-order valence-electron chi connectivity index (χ1n) is 12.7. The van der Waals surface area contributed by atoms with Crippen molar-refractivity contribution in [3.8, 4) is 16.9 Å². The average Bonchev–Trinajstić information content (AvgIpc) is 2.90. The molecule has 208 valence electrons. The van der Waals surface area contributed by atoms with E-state index < -0.39 is 28.1 Å². The summed E-state index contributed by atoms with van der Waals surface area (Å²) in [5, 5.41) is 19.4. The van der Waals surface area contributed by atoms with Crippen LogP contribution in [0, 0.1) is 11.7 Å². The highest BCUT2D eigenvalue weighted by Gasteiger charge is 2.38. The Morgan fingerprint density at radius 3 is 2.46 bits per heavy atom. The van der Waals surface area contributed by atoms with Crippen LogP contribution in [-0.4, -0.2) is 72.7 Å². The molecule has 3 aromatic carbocycles. The molecule has 0 saturated heterocycles. The van der Waals surface area contributed by atoms with Gasteiger partial charge in [0.2, 0.25) is 10.0 Å². The van der Waals surface area contributed by atoms with Crippen molar-refractivity contribution in [3.05, 3.63) is 83.7 Å². The third-order valence-electron chi connectivity index (χ3n) is 7.02. The molecule has 0 saturated carbocycles. The fraction of sp³-hybridized carbons (Fsp3) is 0.345. The molecule has 1 heterocycles. The second-order valence-corrected chi connectivity index (χ2v) is 11.9. The zero-order chi connectivity index (χ0) is 28.3. The molecular formula is C29H33FN2O6S. The van der Waals surface area contributed by atoms with Gasteiger partial charge < -0.3 is 14.9 Å². The van der Waals surface area contributed by atoms with Crippen LogP contribution in [0.2, 0.25) is 0 Å². The third-order valence-corrected chi connectivity index (χ3v) is 9.04. The van der Waals surface area contributed by atoms with Gasteiger partial charge in [-0.05, 0) is 61.0 Å². The minimum atomic E-state index is -4.00. The normalized spacial score (nSPS) is 19.9. The van der Waals surface area contributed by atoms with Crippen molar-refractivity contribution in [3.63, 3.8) is 0 Å². The summed E-state index contributed by atoms with van der Waals surface area (Å²) < 4.78 is 48.6. The summed E-state index contributed by atoms with van der Waals surface area (Å²) in [4.78, 5) is 13.6. The standard InChI is InChI=1S/C29H33FN2O6S/c1-19-15-32(20(2)18-33)39(36,37)28-13-10-22(21-8-11-24(30)12-9-21)14-26(28)38-27(19)17-31(3)16-23-6-4-5-7-25(23)29(34)35/h4-14,19-20,27,33H,15-18H2,1-3H3,(H,34,35)/t19-,20+,27-/m1/s1. The maximum atomic E-state index is 13.7. The predicted octanol–water partition coefficient (Wildman–Crippen LogP) is 4.09. The molecule has 0 radical (unpaired) electrons. The number of likely N-dealkylation sites (N-methyl/N-ethyl adjacent to an activating group) is 1. The van der Waals surface area contributed by atoms with Gasteiger partial charge in [0.15, 0.2) is 0 Å². The van der Waals surface area contributed by atoms with Crippen molar-refractivity contribution in [2.75, 3.05) is 26.7 Å². The van der Waals surface area contributed by atoms with Crippen LogP contribution in [-0.2, 0) is 16.6 Å². The number of hydrogen-bond donors (Lipinski definition) is 2. The molecule has 3 atom stereocenters. The lowest BCUT2D eigenvalue weighted by Gasteiger charge is -2.37. The Labute approximate surface area is 228 Å². The Hall–Kier alpha value is -3.31.